The summed E-state index contributed by atoms with van der Waals surface area (Å²) < 4.78 is 0. The molecule has 1 fully saturated rings. The first-order valence-corrected chi connectivity index (χ1v) is 5.86. The number of amides is 1. The van der Waals surface area contributed by atoms with Gasteiger partial charge in [0.05, 0.1) is 5.60 Å². The zero-order valence-corrected chi connectivity index (χ0v) is 9.51. The lowest BCUT2D eigenvalue weighted by Gasteiger charge is -2.21. The van der Waals surface area contributed by atoms with Crippen LogP contribution in [0.25, 0.3) is 0 Å². The van der Waals surface area contributed by atoms with Crippen LogP contribution in [0, 0.1) is 0 Å². The normalized spacial score (nSPS) is 25.5. The average molecular weight is 214 g/mol. The second kappa shape index (κ2) is 6.08. The van der Waals surface area contributed by atoms with Crippen molar-refractivity contribution in [1.82, 2.24) is 10.6 Å². The van der Waals surface area contributed by atoms with Crippen LogP contribution < -0.4 is 10.6 Å². The van der Waals surface area contributed by atoms with Crippen LogP contribution in [0.2, 0.25) is 0 Å². The zero-order valence-electron chi connectivity index (χ0n) is 9.51. The number of carbonyl (C=O) groups is 1. The van der Waals surface area contributed by atoms with E-state index in [9.17, 15) is 9.90 Å². The average Bonchev–Trinajstić information content (AvgIpc) is 2.64. The van der Waals surface area contributed by atoms with Gasteiger partial charge in [-0.25, -0.2) is 0 Å². The highest BCUT2D eigenvalue weighted by molar-refractivity contribution is 5.75. The lowest BCUT2D eigenvalue weighted by molar-refractivity contribution is -0.122. The van der Waals surface area contributed by atoms with Crippen LogP contribution in [0.3, 0.4) is 0 Å². The van der Waals surface area contributed by atoms with Gasteiger partial charge in [-0.2, -0.15) is 0 Å². The predicted octanol–water partition coefficient (Wildman–Crippen LogP) is 0.407. The Labute approximate surface area is 91.4 Å². The summed E-state index contributed by atoms with van der Waals surface area (Å²) >= 11 is 0. The first-order chi connectivity index (χ1) is 7.16. The molecule has 0 aromatic rings. The Balaban J connectivity index is 2.10. The molecule has 0 aromatic carbocycles. The van der Waals surface area contributed by atoms with Gasteiger partial charge >= 0.3 is 0 Å². The minimum Gasteiger partial charge on any atom is -0.387 e. The largest absolute Gasteiger partial charge is 0.387 e. The van der Waals surface area contributed by atoms with Gasteiger partial charge in [0, 0.05) is 19.5 Å². The quantitative estimate of drug-likeness (QED) is 0.561. The number of carbonyl (C=O) groups excluding carboxylic acids is 1. The molecule has 3 N–H and O–H groups in total. The summed E-state index contributed by atoms with van der Waals surface area (Å²) in [6.07, 6.45) is 4.47. The molecule has 1 aliphatic rings. The van der Waals surface area contributed by atoms with Crippen molar-refractivity contribution < 1.29 is 9.90 Å². The predicted molar refractivity (Wildman–Crippen MR) is 59.6 cm³/mol. The summed E-state index contributed by atoms with van der Waals surface area (Å²) in [5, 5.41) is 15.8. The lowest BCUT2D eigenvalue weighted by Crippen LogP contribution is -2.44. The third-order valence-corrected chi connectivity index (χ3v) is 2.84. The van der Waals surface area contributed by atoms with E-state index in [4.69, 9.17) is 0 Å². The van der Waals surface area contributed by atoms with Crippen molar-refractivity contribution in [3.63, 3.8) is 0 Å². The van der Waals surface area contributed by atoms with E-state index < -0.39 is 5.60 Å². The monoisotopic (exact) mass is 214 g/mol. The number of rotatable bonds is 6. The molecule has 1 unspecified atom stereocenters. The molecular weight excluding hydrogens is 192 g/mol. The van der Waals surface area contributed by atoms with Crippen molar-refractivity contribution in [3.05, 3.63) is 0 Å². The molecule has 1 rings (SSSR count). The molecule has 0 bridgehead atoms. The van der Waals surface area contributed by atoms with Crippen LogP contribution in [-0.4, -0.2) is 36.2 Å². The fourth-order valence-corrected chi connectivity index (χ4v) is 1.77. The fourth-order valence-electron chi connectivity index (χ4n) is 1.77. The molecule has 0 aliphatic carbocycles. The SMILES string of the molecule is CCCCCC(=O)NCC1(O)CCNC1. The molecule has 1 aliphatic heterocycles. The zero-order chi connectivity index (χ0) is 11.1. The molecule has 1 amide bonds. The van der Waals surface area contributed by atoms with Crippen LogP contribution in [0.15, 0.2) is 0 Å². The Morgan fingerprint density at radius 1 is 1.53 bits per heavy atom. The Hall–Kier alpha value is -0.610. The van der Waals surface area contributed by atoms with Crippen molar-refractivity contribution in [2.75, 3.05) is 19.6 Å². The van der Waals surface area contributed by atoms with Gasteiger partial charge in [-0.15, -0.1) is 0 Å². The summed E-state index contributed by atoms with van der Waals surface area (Å²) in [5.74, 6) is 0.0591. The lowest BCUT2D eigenvalue weighted by atomic mass is 10.0. The molecule has 88 valence electrons. The van der Waals surface area contributed by atoms with E-state index in [0.717, 1.165) is 32.2 Å². The van der Waals surface area contributed by atoms with Crippen molar-refractivity contribution in [1.29, 1.82) is 0 Å². The van der Waals surface area contributed by atoms with E-state index in [-0.39, 0.29) is 5.91 Å². The number of β-amino-alcohol motifs (C(OH)–C–C–N with tert-alkyl or cyclic N) is 1. The maximum Gasteiger partial charge on any atom is 0.220 e. The second-order valence-electron chi connectivity index (χ2n) is 4.38. The summed E-state index contributed by atoms with van der Waals surface area (Å²) in [6.45, 7) is 3.92. The van der Waals surface area contributed by atoms with Gasteiger partial charge in [-0.1, -0.05) is 19.8 Å². The molecule has 4 heteroatoms. The van der Waals surface area contributed by atoms with Crippen molar-refractivity contribution in [2.24, 2.45) is 0 Å². The van der Waals surface area contributed by atoms with E-state index >= 15 is 0 Å². The van der Waals surface area contributed by atoms with Gasteiger partial charge in [-0.3, -0.25) is 4.79 Å². The number of unbranched alkanes of at least 4 members (excludes halogenated alkanes) is 2. The van der Waals surface area contributed by atoms with Crippen molar-refractivity contribution in [3.8, 4) is 0 Å². The minimum absolute atomic E-state index is 0.0591. The Morgan fingerprint density at radius 3 is 2.93 bits per heavy atom. The summed E-state index contributed by atoms with van der Waals surface area (Å²) in [4.78, 5) is 11.4. The number of nitrogens with one attached hydrogen (secondary N) is 2. The van der Waals surface area contributed by atoms with Crippen LogP contribution in [0.1, 0.15) is 39.0 Å². The van der Waals surface area contributed by atoms with Gasteiger partial charge in [0.2, 0.25) is 5.91 Å². The molecule has 1 atom stereocenters. The molecule has 1 heterocycles. The first-order valence-electron chi connectivity index (χ1n) is 5.86. The smallest absolute Gasteiger partial charge is 0.220 e. The Kier molecular flexibility index (Phi) is 5.05. The topological polar surface area (TPSA) is 61.4 Å². The van der Waals surface area contributed by atoms with Crippen molar-refractivity contribution >= 4 is 5.91 Å². The first kappa shape index (κ1) is 12.5. The summed E-state index contributed by atoms with van der Waals surface area (Å²) in [7, 11) is 0. The third-order valence-electron chi connectivity index (χ3n) is 2.84. The molecule has 15 heavy (non-hydrogen) atoms. The summed E-state index contributed by atoms with van der Waals surface area (Å²) in [5.41, 5.74) is -0.722. The highest BCUT2D eigenvalue weighted by Gasteiger charge is 2.30. The van der Waals surface area contributed by atoms with Gasteiger partial charge in [-0.05, 0) is 19.4 Å². The fraction of sp³-hybridized carbons (Fsp3) is 0.909. The van der Waals surface area contributed by atoms with Gasteiger partial charge in [0.15, 0.2) is 0 Å². The molecule has 0 spiro atoms. The minimum atomic E-state index is -0.722. The van der Waals surface area contributed by atoms with E-state index in [1.54, 1.807) is 0 Å². The van der Waals surface area contributed by atoms with E-state index in [1.807, 2.05) is 0 Å². The highest BCUT2D eigenvalue weighted by Crippen LogP contribution is 2.12. The third kappa shape index (κ3) is 4.62. The van der Waals surface area contributed by atoms with Crippen LogP contribution >= 0.6 is 0 Å². The molecule has 1 saturated heterocycles. The van der Waals surface area contributed by atoms with Gasteiger partial charge < -0.3 is 15.7 Å². The molecule has 0 saturated carbocycles. The number of hydrogen-bond donors (Lipinski definition) is 3. The van der Waals surface area contributed by atoms with Gasteiger partial charge in [0.25, 0.3) is 0 Å². The Morgan fingerprint density at radius 2 is 2.33 bits per heavy atom. The van der Waals surface area contributed by atoms with E-state index in [0.29, 0.717) is 19.5 Å². The van der Waals surface area contributed by atoms with Crippen LogP contribution in [-0.2, 0) is 4.79 Å². The summed E-state index contributed by atoms with van der Waals surface area (Å²) in [6, 6.07) is 0. The van der Waals surface area contributed by atoms with E-state index in [2.05, 4.69) is 17.6 Å². The second-order valence-corrected chi connectivity index (χ2v) is 4.38. The maximum absolute atomic E-state index is 11.4. The number of aliphatic hydroxyl groups is 1. The molecule has 0 radical (unpaired) electrons. The van der Waals surface area contributed by atoms with Gasteiger partial charge in [0.1, 0.15) is 0 Å². The number of hydrogen-bond acceptors (Lipinski definition) is 3. The van der Waals surface area contributed by atoms with E-state index in [1.165, 1.54) is 0 Å². The standard InChI is InChI=1S/C11H22N2O2/c1-2-3-4-5-10(14)13-9-11(15)6-7-12-8-11/h12,15H,2-9H2,1H3,(H,13,14). The Bertz CT molecular complexity index is 201. The van der Waals surface area contributed by atoms with Crippen LogP contribution in [0.5, 0.6) is 0 Å². The van der Waals surface area contributed by atoms with Crippen molar-refractivity contribution in [2.45, 2.75) is 44.6 Å². The molecule has 4 nitrogen and oxygen atoms in total. The van der Waals surface area contributed by atoms with Crippen LogP contribution in [0.4, 0.5) is 0 Å². The maximum atomic E-state index is 11.4. The highest BCUT2D eigenvalue weighted by atomic mass is 16.3. The molecule has 0 aromatic heterocycles. The molecular formula is C11H22N2O2.